The molecule has 0 unspecified atom stereocenters. The number of nitriles is 1. The molecule has 0 radical (unpaired) electrons. The number of nitrogens with zero attached hydrogens (tertiary/aromatic N) is 1. The molecule has 1 aromatic rings. The summed E-state index contributed by atoms with van der Waals surface area (Å²) in [6.45, 7) is 5.55. The summed E-state index contributed by atoms with van der Waals surface area (Å²) in [5, 5.41) is 8.80. The van der Waals surface area contributed by atoms with E-state index in [1.54, 1.807) is 13.0 Å². The Bertz CT molecular complexity index is 361. The smallest absolute Gasteiger partial charge is 0.128 e. The van der Waals surface area contributed by atoms with E-state index in [9.17, 15) is 4.39 Å². The Morgan fingerprint density at radius 2 is 2.00 bits per heavy atom. The molecule has 0 aliphatic rings. The van der Waals surface area contributed by atoms with E-state index in [0.717, 1.165) is 5.56 Å². The van der Waals surface area contributed by atoms with Crippen molar-refractivity contribution < 1.29 is 4.39 Å². The number of hydrogen-bond acceptors (Lipinski definition) is 1. The van der Waals surface area contributed by atoms with E-state index in [0.29, 0.717) is 11.1 Å². The quantitative estimate of drug-likeness (QED) is 0.646. The van der Waals surface area contributed by atoms with Crippen molar-refractivity contribution in [3.05, 3.63) is 34.6 Å². The predicted octanol–water partition coefficient (Wildman–Crippen LogP) is 3.13. The zero-order valence-corrected chi connectivity index (χ0v) is 8.06. The van der Waals surface area contributed by atoms with Crippen molar-refractivity contribution in [3.8, 4) is 6.07 Å². The highest BCUT2D eigenvalue weighted by Gasteiger charge is 2.12. The fourth-order valence-corrected chi connectivity index (χ4v) is 1.43. The summed E-state index contributed by atoms with van der Waals surface area (Å²) >= 11 is 0. The molecule has 13 heavy (non-hydrogen) atoms. The summed E-state index contributed by atoms with van der Waals surface area (Å²) in [5.74, 6) is -0.221. The molecule has 2 heteroatoms. The number of benzene rings is 1. The van der Waals surface area contributed by atoms with Gasteiger partial charge in [0.25, 0.3) is 0 Å². The molecule has 0 heterocycles. The standard InChI is InChI=1S/C11H12FN/c1-7(2)11-9(6-13)4-8(3)5-10(11)12/h4-5,7H,1-3H3. The minimum absolute atomic E-state index is 0.0512. The lowest BCUT2D eigenvalue weighted by atomic mass is 9.95. The Kier molecular flexibility index (Phi) is 2.67. The number of aryl methyl sites for hydroxylation is 1. The van der Waals surface area contributed by atoms with Gasteiger partial charge in [-0.25, -0.2) is 4.39 Å². The zero-order valence-electron chi connectivity index (χ0n) is 8.06. The Labute approximate surface area is 77.8 Å². The van der Waals surface area contributed by atoms with Gasteiger partial charge in [0.1, 0.15) is 5.82 Å². The van der Waals surface area contributed by atoms with Crippen molar-refractivity contribution in [2.75, 3.05) is 0 Å². The summed E-state index contributed by atoms with van der Waals surface area (Å²) in [6.07, 6.45) is 0. The summed E-state index contributed by atoms with van der Waals surface area (Å²) in [5.41, 5.74) is 1.76. The van der Waals surface area contributed by atoms with E-state index in [-0.39, 0.29) is 11.7 Å². The molecule has 0 atom stereocenters. The van der Waals surface area contributed by atoms with Crippen molar-refractivity contribution in [3.63, 3.8) is 0 Å². The molecule has 0 amide bonds. The van der Waals surface area contributed by atoms with Crippen LogP contribution in [-0.4, -0.2) is 0 Å². The molecule has 0 aromatic heterocycles. The summed E-state index contributed by atoms with van der Waals surface area (Å²) in [6, 6.07) is 5.21. The molecule has 0 aliphatic heterocycles. The van der Waals surface area contributed by atoms with Crippen LogP contribution in [0.1, 0.15) is 36.5 Å². The Hall–Kier alpha value is -1.36. The maximum atomic E-state index is 13.4. The average molecular weight is 177 g/mol. The van der Waals surface area contributed by atoms with E-state index >= 15 is 0 Å². The molecule has 1 aromatic carbocycles. The predicted molar refractivity (Wildman–Crippen MR) is 49.9 cm³/mol. The van der Waals surface area contributed by atoms with Crippen LogP contribution in [0.4, 0.5) is 4.39 Å². The van der Waals surface area contributed by atoms with Gasteiger partial charge in [0.2, 0.25) is 0 Å². The summed E-state index contributed by atoms with van der Waals surface area (Å²) in [4.78, 5) is 0. The molecular weight excluding hydrogens is 165 g/mol. The lowest BCUT2D eigenvalue weighted by Gasteiger charge is -2.09. The Morgan fingerprint density at radius 1 is 1.38 bits per heavy atom. The van der Waals surface area contributed by atoms with Crippen LogP contribution in [0.5, 0.6) is 0 Å². The third-order valence-corrected chi connectivity index (χ3v) is 1.97. The van der Waals surface area contributed by atoms with Crippen molar-refractivity contribution in [2.45, 2.75) is 26.7 Å². The minimum Gasteiger partial charge on any atom is -0.207 e. The second kappa shape index (κ2) is 3.57. The van der Waals surface area contributed by atoms with E-state index in [1.807, 2.05) is 19.9 Å². The fraction of sp³-hybridized carbons (Fsp3) is 0.364. The van der Waals surface area contributed by atoms with Crippen LogP contribution >= 0.6 is 0 Å². The van der Waals surface area contributed by atoms with Gasteiger partial charge in [0, 0.05) is 5.56 Å². The van der Waals surface area contributed by atoms with Crippen LogP contribution in [-0.2, 0) is 0 Å². The SMILES string of the molecule is Cc1cc(F)c(C(C)C)c(C#N)c1. The first kappa shape index (κ1) is 9.73. The van der Waals surface area contributed by atoms with Gasteiger partial charge in [-0.2, -0.15) is 5.26 Å². The Morgan fingerprint density at radius 3 is 2.46 bits per heavy atom. The average Bonchev–Trinajstić information content (AvgIpc) is 2.01. The second-order valence-electron chi connectivity index (χ2n) is 3.47. The lowest BCUT2D eigenvalue weighted by molar-refractivity contribution is 0.596. The first-order valence-corrected chi connectivity index (χ1v) is 4.26. The van der Waals surface area contributed by atoms with Crippen molar-refractivity contribution in [1.82, 2.24) is 0 Å². The molecule has 1 rings (SSSR count). The molecule has 0 saturated carbocycles. The zero-order chi connectivity index (χ0) is 10.0. The molecule has 0 fully saturated rings. The van der Waals surface area contributed by atoms with Crippen LogP contribution in [0.15, 0.2) is 12.1 Å². The highest BCUT2D eigenvalue weighted by molar-refractivity contribution is 5.42. The van der Waals surface area contributed by atoms with Gasteiger partial charge in [0.15, 0.2) is 0 Å². The molecule has 0 spiro atoms. The van der Waals surface area contributed by atoms with Crippen LogP contribution in [0.25, 0.3) is 0 Å². The molecule has 0 saturated heterocycles. The Balaban J connectivity index is 3.41. The molecule has 0 N–H and O–H groups in total. The van der Waals surface area contributed by atoms with Crippen molar-refractivity contribution in [2.24, 2.45) is 0 Å². The first-order chi connectivity index (χ1) is 6.06. The largest absolute Gasteiger partial charge is 0.207 e. The van der Waals surface area contributed by atoms with Gasteiger partial charge in [-0.15, -0.1) is 0 Å². The molecule has 1 nitrogen and oxygen atoms in total. The fourth-order valence-electron chi connectivity index (χ4n) is 1.43. The molecule has 0 bridgehead atoms. The lowest BCUT2D eigenvalue weighted by Crippen LogP contribution is -1.98. The van der Waals surface area contributed by atoms with Gasteiger partial charge in [0.05, 0.1) is 11.6 Å². The van der Waals surface area contributed by atoms with E-state index < -0.39 is 0 Å². The van der Waals surface area contributed by atoms with Gasteiger partial charge < -0.3 is 0 Å². The van der Waals surface area contributed by atoms with Crippen molar-refractivity contribution >= 4 is 0 Å². The topological polar surface area (TPSA) is 23.8 Å². The maximum absolute atomic E-state index is 13.4. The van der Waals surface area contributed by atoms with Gasteiger partial charge >= 0.3 is 0 Å². The van der Waals surface area contributed by atoms with Crippen LogP contribution in [0.2, 0.25) is 0 Å². The highest BCUT2D eigenvalue weighted by atomic mass is 19.1. The van der Waals surface area contributed by atoms with Crippen LogP contribution < -0.4 is 0 Å². The normalized spacial score (nSPS) is 10.2. The van der Waals surface area contributed by atoms with Crippen LogP contribution in [0, 0.1) is 24.1 Å². The summed E-state index contributed by atoms with van der Waals surface area (Å²) in [7, 11) is 0. The summed E-state index contributed by atoms with van der Waals surface area (Å²) < 4.78 is 13.4. The monoisotopic (exact) mass is 177 g/mol. The van der Waals surface area contributed by atoms with E-state index in [2.05, 4.69) is 0 Å². The molecular formula is C11H12FN. The minimum atomic E-state index is -0.272. The maximum Gasteiger partial charge on any atom is 0.128 e. The van der Waals surface area contributed by atoms with Crippen molar-refractivity contribution in [1.29, 1.82) is 5.26 Å². The van der Waals surface area contributed by atoms with Gasteiger partial charge in [-0.05, 0) is 30.5 Å². The van der Waals surface area contributed by atoms with Crippen LogP contribution in [0.3, 0.4) is 0 Å². The van der Waals surface area contributed by atoms with E-state index in [1.165, 1.54) is 6.07 Å². The van der Waals surface area contributed by atoms with Gasteiger partial charge in [-0.1, -0.05) is 13.8 Å². The third-order valence-electron chi connectivity index (χ3n) is 1.97. The number of rotatable bonds is 1. The van der Waals surface area contributed by atoms with Gasteiger partial charge in [-0.3, -0.25) is 0 Å². The third kappa shape index (κ3) is 1.86. The highest BCUT2D eigenvalue weighted by Crippen LogP contribution is 2.23. The number of hydrogen-bond donors (Lipinski definition) is 0. The first-order valence-electron chi connectivity index (χ1n) is 4.26. The molecule has 0 aliphatic carbocycles. The molecule has 68 valence electrons. The number of halogens is 1. The van der Waals surface area contributed by atoms with E-state index in [4.69, 9.17) is 5.26 Å². The second-order valence-corrected chi connectivity index (χ2v) is 3.47.